The zero-order chi connectivity index (χ0) is 24.8. The normalized spacial score (nSPS) is 13.5. The van der Waals surface area contributed by atoms with E-state index in [2.05, 4.69) is 14.5 Å². The van der Waals surface area contributed by atoms with Crippen molar-refractivity contribution < 1.29 is 23.8 Å². The van der Waals surface area contributed by atoms with Crippen LogP contribution in [0.25, 0.3) is 0 Å². The minimum Gasteiger partial charge on any atom is -0.497 e. The third-order valence-electron chi connectivity index (χ3n) is 6.31. The molecule has 1 aromatic carbocycles. The summed E-state index contributed by atoms with van der Waals surface area (Å²) in [6.45, 7) is 7.19. The molecule has 0 saturated carbocycles. The van der Waals surface area contributed by atoms with E-state index in [0.29, 0.717) is 24.3 Å². The van der Waals surface area contributed by atoms with Crippen LogP contribution >= 0.6 is 0 Å². The van der Waals surface area contributed by atoms with Crippen LogP contribution in [0.4, 0.5) is 5.82 Å². The summed E-state index contributed by atoms with van der Waals surface area (Å²) in [7, 11) is 1.65. The van der Waals surface area contributed by atoms with E-state index in [4.69, 9.17) is 14.2 Å². The van der Waals surface area contributed by atoms with Crippen LogP contribution in [0.3, 0.4) is 0 Å². The maximum Gasteiger partial charge on any atom is 0.340 e. The van der Waals surface area contributed by atoms with Crippen molar-refractivity contribution in [2.75, 3.05) is 44.9 Å². The second-order valence-electron chi connectivity index (χ2n) is 8.54. The number of ketones is 1. The number of ether oxygens (including phenoxy) is 3. The number of rotatable bonds is 9. The van der Waals surface area contributed by atoms with Gasteiger partial charge in [-0.2, -0.15) is 0 Å². The largest absolute Gasteiger partial charge is 0.497 e. The lowest BCUT2D eigenvalue weighted by Crippen LogP contribution is -2.36. The first-order valence-electron chi connectivity index (χ1n) is 11.7. The number of Topliss-reactive ketones (excluding diaryl/α,β-unsaturated/α-hetero) is 1. The summed E-state index contributed by atoms with van der Waals surface area (Å²) in [5, 5.41) is 0. The van der Waals surface area contributed by atoms with Crippen molar-refractivity contribution in [2.45, 2.75) is 26.8 Å². The molecule has 184 valence electrons. The molecule has 0 N–H and O–H groups in total. The molecule has 0 unspecified atom stereocenters. The van der Waals surface area contributed by atoms with Gasteiger partial charge in [0.15, 0.2) is 6.61 Å². The minimum atomic E-state index is -0.562. The zero-order valence-corrected chi connectivity index (χ0v) is 20.5. The molecule has 3 aromatic rings. The number of hydrogen-bond donors (Lipinski definition) is 0. The van der Waals surface area contributed by atoms with Gasteiger partial charge in [-0.3, -0.25) is 4.79 Å². The molecule has 3 heterocycles. The Kier molecular flexibility index (Phi) is 7.82. The van der Waals surface area contributed by atoms with E-state index in [-0.39, 0.29) is 12.4 Å². The van der Waals surface area contributed by atoms with Crippen molar-refractivity contribution in [1.29, 1.82) is 0 Å². The summed E-state index contributed by atoms with van der Waals surface area (Å²) in [5.41, 5.74) is 3.95. The summed E-state index contributed by atoms with van der Waals surface area (Å²) >= 11 is 0. The molecule has 8 nitrogen and oxygen atoms in total. The predicted molar refractivity (Wildman–Crippen MR) is 132 cm³/mol. The van der Waals surface area contributed by atoms with E-state index in [1.54, 1.807) is 19.2 Å². The van der Waals surface area contributed by atoms with E-state index in [1.165, 1.54) is 11.8 Å². The zero-order valence-electron chi connectivity index (χ0n) is 20.5. The van der Waals surface area contributed by atoms with Crippen LogP contribution in [0.1, 0.15) is 37.7 Å². The summed E-state index contributed by atoms with van der Waals surface area (Å²) in [6, 6.07) is 13.3. The van der Waals surface area contributed by atoms with Crippen LogP contribution in [0.15, 0.2) is 48.7 Å². The van der Waals surface area contributed by atoms with Gasteiger partial charge >= 0.3 is 5.97 Å². The molecule has 0 spiro atoms. The van der Waals surface area contributed by atoms with Crippen LogP contribution in [-0.2, 0) is 22.4 Å². The molecule has 4 rings (SSSR count). The molecule has 1 fully saturated rings. The Balaban J connectivity index is 1.33. The number of pyridine rings is 1. The summed E-state index contributed by atoms with van der Waals surface area (Å²) < 4.78 is 18.0. The Bertz CT molecular complexity index is 1160. The lowest BCUT2D eigenvalue weighted by Gasteiger charge is -2.27. The molecule has 0 radical (unpaired) electrons. The number of esters is 1. The van der Waals surface area contributed by atoms with E-state index in [1.807, 2.05) is 44.2 Å². The average molecular weight is 478 g/mol. The highest BCUT2D eigenvalue weighted by Gasteiger charge is 2.19. The van der Waals surface area contributed by atoms with Gasteiger partial charge in [0.2, 0.25) is 5.78 Å². The maximum atomic E-state index is 12.8. The van der Waals surface area contributed by atoms with Crippen LogP contribution in [-0.4, -0.2) is 61.3 Å². The molecule has 35 heavy (non-hydrogen) atoms. The van der Waals surface area contributed by atoms with E-state index < -0.39 is 5.97 Å². The summed E-state index contributed by atoms with van der Waals surface area (Å²) in [5.74, 6) is 0.837. The number of carbonyl (C=O) groups excluding carboxylic acids is 2. The van der Waals surface area contributed by atoms with E-state index in [9.17, 15) is 9.59 Å². The Morgan fingerprint density at radius 1 is 1.06 bits per heavy atom. The fourth-order valence-electron chi connectivity index (χ4n) is 4.24. The number of benzene rings is 1. The average Bonchev–Trinajstić information content (AvgIpc) is 3.19. The molecule has 8 heteroatoms. The highest BCUT2D eigenvalue weighted by molar-refractivity contribution is 6.00. The molecular weight excluding hydrogens is 446 g/mol. The van der Waals surface area contributed by atoms with E-state index in [0.717, 1.165) is 49.0 Å². The van der Waals surface area contributed by atoms with Crippen LogP contribution in [0.5, 0.6) is 5.75 Å². The van der Waals surface area contributed by atoms with Gasteiger partial charge in [0.05, 0.1) is 25.9 Å². The second kappa shape index (κ2) is 11.2. The van der Waals surface area contributed by atoms with Gasteiger partial charge in [-0.25, -0.2) is 9.78 Å². The summed E-state index contributed by atoms with van der Waals surface area (Å²) in [4.78, 5) is 31.8. The molecule has 0 amide bonds. The first kappa shape index (κ1) is 24.5. The molecule has 0 aliphatic carbocycles. The lowest BCUT2D eigenvalue weighted by molar-refractivity contribution is 0.0474. The van der Waals surface area contributed by atoms with Gasteiger partial charge in [-0.05, 0) is 56.2 Å². The van der Waals surface area contributed by atoms with Gasteiger partial charge in [0.25, 0.3) is 0 Å². The van der Waals surface area contributed by atoms with Gasteiger partial charge in [0.1, 0.15) is 11.6 Å². The first-order valence-corrected chi connectivity index (χ1v) is 11.7. The molecule has 0 bridgehead atoms. The fourth-order valence-corrected chi connectivity index (χ4v) is 4.24. The van der Waals surface area contributed by atoms with Gasteiger partial charge < -0.3 is 23.7 Å². The third-order valence-corrected chi connectivity index (χ3v) is 6.31. The highest BCUT2D eigenvalue weighted by Crippen LogP contribution is 2.19. The molecular formula is C27H31N3O5. The van der Waals surface area contributed by atoms with Gasteiger partial charge in [0, 0.05) is 42.8 Å². The number of anilines is 1. The van der Waals surface area contributed by atoms with Crippen molar-refractivity contribution in [3.05, 3.63) is 76.7 Å². The second-order valence-corrected chi connectivity index (χ2v) is 8.54. The highest BCUT2D eigenvalue weighted by atomic mass is 16.5. The molecule has 1 saturated heterocycles. The number of aromatic nitrogens is 2. The predicted octanol–water partition coefficient (Wildman–Crippen LogP) is 3.63. The third kappa shape index (κ3) is 5.89. The molecule has 1 aliphatic rings. The number of carbonyl (C=O) groups is 2. The lowest BCUT2D eigenvalue weighted by atomic mass is 10.1. The quantitative estimate of drug-likeness (QED) is 0.344. The van der Waals surface area contributed by atoms with Gasteiger partial charge in [-0.1, -0.05) is 12.1 Å². The topological polar surface area (TPSA) is 82.9 Å². The Morgan fingerprint density at radius 3 is 2.46 bits per heavy atom. The minimum absolute atomic E-state index is 0.222. The van der Waals surface area contributed by atoms with Crippen LogP contribution in [0.2, 0.25) is 0 Å². The van der Waals surface area contributed by atoms with Crippen molar-refractivity contribution in [1.82, 2.24) is 9.55 Å². The number of morpholine rings is 1. The smallest absolute Gasteiger partial charge is 0.340 e. The number of methoxy groups -OCH3 is 1. The molecule has 1 aliphatic heterocycles. The van der Waals surface area contributed by atoms with E-state index >= 15 is 0 Å². The fraction of sp³-hybridized carbons (Fsp3) is 0.370. The molecule has 0 atom stereocenters. The van der Waals surface area contributed by atoms with Crippen molar-refractivity contribution >= 4 is 17.6 Å². The summed E-state index contributed by atoms with van der Waals surface area (Å²) in [6.07, 6.45) is 2.32. The Labute approximate surface area is 205 Å². The maximum absolute atomic E-state index is 12.8. The van der Waals surface area contributed by atoms with Crippen molar-refractivity contribution in [2.24, 2.45) is 0 Å². The number of aryl methyl sites for hydroxylation is 2. The monoisotopic (exact) mass is 477 g/mol. The standard InChI is InChI=1S/C27H31N3O5/c1-19-16-24(20(2)30(19)11-10-21-4-7-23(33-3)8-5-21)25(31)18-35-27(32)22-6-9-26(28-17-22)29-12-14-34-15-13-29/h4-9,16-17H,10-15,18H2,1-3H3. The van der Waals surface area contributed by atoms with Gasteiger partial charge in [-0.15, -0.1) is 0 Å². The first-order chi connectivity index (χ1) is 17.0. The number of hydrogen-bond acceptors (Lipinski definition) is 7. The van der Waals surface area contributed by atoms with Crippen molar-refractivity contribution in [3.63, 3.8) is 0 Å². The Hall–Kier alpha value is -3.65. The van der Waals surface area contributed by atoms with Crippen LogP contribution in [0, 0.1) is 13.8 Å². The number of nitrogens with zero attached hydrogens (tertiary/aromatic N) is 3. The van der Waals surface area contributed by atoms with Crippen LogP contribution < -0.4 is 9.64 Å². The molecule has 2 aromatic heterocycles. The SMILES string of the molecule is COc1ccc(CCn2c(C)cc(C(=O)COC(=O)c3ccc(N4CCOCC4)nc3)c2C)cc1. The Morgan fingerprint density at radius 2 is 1.80 bits per heavy atom. The van der Waals surface area contributed by atoms with Crippen molar-refractivity contribution in [3.8, 4) is 5.75 Å².